The van der Waals surface area contributed by atoms with Crippen molar-refractivity contribution in [1.29, 1.82) is 0 Å². The highest BCUT2D eigenvalue weighted by atomic mass is 16.7. The number of nitrogens with zero attached hydrogens (tertiary/aromatic N) is 3. The van der Waals surface area contributed by atoms with Crippen LogP contribution >= 0.6 is 0 Å². The molecule has 1 fully saturated rings. The van der Waals surface area contributed by atoms with E-state index in [0.717, 1.165) is 22.4 Å². The normalized spacial score (nSPS) is 25.4. The van der Waals surface area contributed by atoms with Crippen LogP contribution in [0.5, 0.6) is 11.5 Å². The van der Waals surface area contributed by atoms with E-state index in [1.165, 1.54) is 6.33 Å². The first-order valence-electron chi connectivity index (χ1n) is 10.3. The Bertz CT molecular complexity index is 1120. The fourth-order valence-electron chi connectivity index (χ4n) is 4.47. The fraction of sp³-hybridized carbons (Fsp3) is 0.455. The minimum atomic E-state index is -1.31. The minimum Gasteiger partial charge on any atom is -0.454 e. The molecule has 2 aliphatic heterocycles. The molecular weight excluding hydrogens is 400 g/mol. The van der Waals surface area contributed by atoms with Crippen LogP contribution < -0.4 is 15.2 Å². The minimum absolute atomic E-state index is 0.228. The highest BCUT2D eigenvalue weighted by Gasteiger charge is 2.49. The van der Waals surface area contributed by atoms with Crippen LogP contribution in [0, 0.1) is 0 Å². The molecule has 3 N–H and O–H groups in total. The van der Waals surface area contributed by atoms with Gasteiger partial charge in [-0.15, -0.1) is 0 Å². The Labute approximate surface area is 179 Å². The molecule has 3 atom stereocenters. The Balaban J connectivity index is 1.47. The molecule has 0 aliphatic carbocycles. The average Bonchev–Trinajstić information content (AvgIpc) is 3.38. The van der Waals surface area contributed by atoms with E-state index in [4.69, 9.17) is 24.7 Å². The topological polar surface area (TPSA) is 114 Å². The molecule has 2 aliphatic rings. The van der Waals surface area contributed by atoms with Crippen LogP contribution in [0.3, 0.4) is 0 Å². The number of hydrogen-bond acceptors (Lipinski definition) is 8. The maximum absolute atomic E-state index is 10.4. The van der Waals surface area contributed by atoms with Crippen LogP contribution in [0.25, 0.3) is 11.0 Å². The van der Waals surface area contributed by atoms with Crippen molar-refractivity contribution >= 4 is 16.9 Å². The standard InChI is InChI=1S/C22H26N4O5/c1-21(2,27)31-22(3)10-18(26-7-6-14-19(23)24-11-25-20(14)26)30-17(22)9-13-4-5-15-16(8-13)29-12-28-15/h4-8,11,17-18,27H,9-10,12H2,1-3H3,(H2,23,24,25)/t17-,18-,22+/m1/s1. The smallest absolute Gasteiger partial charge is 0.231 e. The van der Waals surface area contributed by atoms with Gasteiger partial charge in [-0.25, -0.2) is 9.97 Å². The zero-order chi connectivity index (χ0) is 21.8. The molecule has 0 spiro atoms. The predicted octanol–water partition coefficient (Wildman–Crippen LogP) is 2.78. The van der Waals surface area contributed by atoms with Crippen molar-refractivity contribution < 1.29 is 24.1 Å². The first-order chi connectivity index (χ1) is 14.7. The van der Waals surface area contributed by atoms with Gasteiger partial charge in [0, 0.05) is 19.0 Å². The van der Waals surface area contributed by atoms with E-state index in [0.29, 0.717) is 24.3 Å². The average molecular weight is 426 g/mol. The van der Waals surface area contributed by atoms with Crippen LogP contribution in [0.4, 0.5) is 5.82 Å². The van der Waals surface area contributed by atoms with Crippen molar-refractivity contribution in [3.05, 3.63) is 42.4 Å². The summed E-state index contributed by atoms with van der Waals surface area (Å²) in [6.45, 7) is 5.45. The maximum Gasteiger partial charge on any atom is 0.231 e. The van der Waals surface area contributed by atoms with E-state index in [1.807, 2.05) is 42.0 Å². The van der Waals surface area contributed by atoms with Crippen molar-refractivity contribution in [3.63, 3.8) is 0 Å². The van der Waals surface area contributed by atoms with Crippen LogP contribution in [0.15, 0.2) is 36.8 Å². The summed E-state index contributed by atoms with van der Waals surface area (Å²) < 4.78 is 25.5. The van der Waals surface area contributed by atoms with Gasteiger partial charge in [0.05, 0.1) is 17.1 Å². The molecule has 1 saturated heterocycles. The summed E-state index contributed by atoms with van der Waals surface area (Å²) in [4.78, 5) is 8.44. The van der Waals surface area contributed by atoms with Crippen molar-refractivity contribution in [3.8, 4) is 11.5 Å². The molecule has 164 valence electrons. The van der Waals surface area contributed by atoms with Crippen LogP contribution in [0.2, 0.25) is 0 Å². The zero-order valence-corrected chi connectivity index (χ0v) is 17.7. The monoisotopic (exact) mass is 426 g/mol. The number of nitrogen functional groups attached to an aromatic ring is 1. The van der Waals surface area contributed by atoms with E-state index in [2.05, 4.69) is 9.97 Å². The van der Waals surface area contributed by atoms with Crippen molar-refractivity contribution in [1.82, 2.24) is 14.5 Å². The molecule has 3 aromatic rings. The van der Waals surface area contributed by atoms with E-state index >= 15 is 0 Å². The molecule has 9 nitrogen and oxygen atoms in total. The number of benzene rings is 1. The second-order valence-electron chi connectivity index (χ2n) is 8.76. The molecule has 0 amide bonds. The number of anilines is 1. The van der Waals surface area contributed by atoms with Gasteiger partial charge in [0.1, 0.15) is 24.0 Å². The Morgan fingerprint density at radius 2 is 2.06 bits per heavy atom. The van der Waals surface area contributed by atoms with E-state index in [1.54, 1.807) is 13.8 Å². The summed E-state index contributed by atoms with van der Waals surface area (Å²) in [6.07, 6.45) is 3.79. The number of nitrogens with two attached hydrogens (primary N) is 1. The third-order valence-corrected chi connectivity index (χ3v) is 5.77. The molecule has 0 unspecified atom stereocenters. The van der Waals surface area contributed by atoms with Gasteiger partial charge in [-0.2, -0.15) is 0 Å². The Morgan fingerprint density at radius 3 is 2.87 bits per heavy atom. The molecular formula is C22H26N4O5. The molecule has 31 heavy (non-hydrogen) atoms. The molecule has 5 rings (SSSR count). The molecule has 0 bridgehead atoms. The first kappa shape index (κ1) is 20.0. The number of hydrogen-bond donors (Lipinski definition) is 2. The van der Waals surface area contributed by atoms with Gasteiger partial charge in [0.25, 0.3) is 0 Å². The predicted molar refractivity (Wildman–Crippen MR) is 113 cm³/mol. The summed E-state index contributed by atoms with van der Waals surface area (Å²) in [5.74, 6) is 0.571. The van der Waals surface area contributed by atoms with Crippen LogP contribution in [-0.2, 0) is 15.9 Å². The Hall–Kier alpha value is -2.88. The number of ether oxygens (including phenoxy) is 4. The molecule has 4 heterocycles. The van der Waals surface area contributed by atoms with Gasteiger partial charge in [-0.1, -0.05) is 6.07 Å². The quantitative estimate of drug-likeness (QED) is 0.599. The number of aliphatic hydroxyl groups is 1. The van der Waals surface area contributed by atoms with Gasteiger partial charge in [-0.05, 0) is 44.5 Å². The zero-order valence-electron chi connectivity index (χ0n) is 17.7. The highest BCUT2D eigenvalue weighted by molar-refractivity contribution is 5.86. The highest BCUT2D eigenvalue weighted by Crippen LogP contribution is 2.44. The molecule has 9 heteroatoms. The maximum atomic E-state index is 10.4. The first-order valence-corrected chi connectivity index (χ1v) is 10.3. The summed E-state index contributed by atoms with van der Waals surface area (Å²) >= 11 is 0. The summed E-state index contributed by atoms with van der Waals surface area (Å²) in [5.41, 5.74) is 6.98. The molecule has 0 saturated carbocycles. The Morgan fingerprint density at radius 1 is 1.26 bits per heavy atom. The van der Waals surface area contributed by atoms with Gasteiger partial charge >= 0.3 is 0 Å². The number of fused-ring (bicyclic) bond motifs is 2. The SMILES string of the molecule is CC(C)(O)O[C@@]1(C)C[C@H](n2ccc3c(N)ncnc32)O[C@@H]1Cc1ccc2c(c1)OCO2. The van der Waals surface area contributed by atoms with E-state index in [9.17, 15) is 5.11 Å². The summed E-state index contributed by atoms with van der Waals surface area (Å²) in [7, 11) is 0. The fourth-order valence-corrected chi connectivity index (χ4v) is 4.47. The lowest BCUT2D eigenvalue weighted by molar-refractivity contribution is -0.251. The molecule has 1 aromatic carbocycles. The summed E-state index contributed by atoms with van der Waals surface area (Å²) in [6, 6.07) is 7.74. The van der Waals surface area contributed by atoms with E-state index < -0.39 is 11.4 Å². The van der Waals surface area contributed by atoms with Crippen molar-refractivity contribution in [2.45, 2.75) is 57.3 Å². The third-order valence-electron chi connectivity index (χ3n) is 5.77. The lowest BCUT2D eigenvalue weighted by Crippen LogP contribution is -2.45. The number of aromatic nitrogens is 3. The molecule has 2 aromatic heterocycles. The third kappa shape index (κ3) is 3.69. The van der Waals surface area contributed by atoms with Gasteiger partial charge in [-0.3, -0.25) is 0 Å². The second kappa shape index (κ2) is 7.08. The Kier molecular flexibility index (Phi) is 4.58. The number of rotatable bonds is 5. The second-order valence-corrected chi connectivity index (χ2v) is 8.76. The van der Waals surface area contributed by atoms with Crippen molar-refractivity contribution in [2.75, 3.05) is 12.5 Å². The van der Waals surface area contributed by atoms with Gasteiger partial charge in [0.2, 0.25) is 6.79 Å². The van der Waals surface area contributed by atoms with Crippen LogP contribution in [-0.4, -0.2) is 43.9 Å². The van der Waals surface area contributed by atoms with Crippen molar-refractivity contribution in [2.24, 2.45) is 0 Å². The lowest BCUT2D eigenvalue weighted by Gasteiger charge is -2.35. The summed E-state index contributed by atoms with van der Waals surface area (Å²) in [5, 5.41) is 11.2. The van der Waals surface area contributed by atoms with Gasteiger partial charge in [0.15, 0.2) is 17.3 Å². The van der Waals surface area contributed by atoms with Gasteiger partial charge < -0.3 is 34.4 Å². The van der Waals surface area contributed by atoms with E-state index in [-0.39, 0.29) is 19.1 Å². The van der Waals surface area contributed by atoms with Crippen LogP contribution in [0.1, 0.15) is 39.0 Å². The lowest BCUT2D eigenvalue weighted by atomic mass is 9.91. The molecule has 0 radical (unpaired) electrons. The largest absolute Gasteiger partial charge is 0.454 e.